The van der Waals surface area contributed by atoms with Gasteiger partial charge in [-0.05, 0) is 18.1 Å². The minimum absolute atomic E-state index is 0.134. The molecule has 0 aromatic heterocycles. The number of hydrogen-bond acceptors (Lipinski definition) is 2. The quantitative estimate of drug-likeness (QED) is 0.671. The van der Waals surface area contributed by atoms with Crippen molar-refractivity contribution >= 4 is 0 Å². The molecule has 2 aromatic carbocycles. The van der Waals surface area contributed by atoms with Crippen molar-refractivity contribution in [3.05, 3.63) is 84.6 Å². The second kappa shape index (κ2) is 8.28. The fourth-order valence-electron chi connectivity index (χ4n) is 2.44. The maximum Gasteiger partial charge on any atom is 0.108 e. The molecule has 110 valence electrons. The van der Waals surface area contributed by atoms with Crippen molar-refractivity contribution in [2.24, 2.45) is 0 Å². The first-order chi connectivity index (χ1) is 10.3. The molecule has 2 nitrogen and oxygen atoms in total. The van der Waals surface area contributed by atoms with Crippen LogP contribution in [0.3, 0.4) is 0 Å². The monoisotopic (exact) mass is 281 g/mol. The molecule has 2 rings (SSSR count). The van der Waals surface area contributed by atoms with Crippen LogP contribution in [0.5, 0.6) is 0 Å². The van der Waals surface area contributed by atoms with Crippen LogP contribution in [0.15, 0.2) is 73.5 Å². The van der Waals surface area contributed by atoms with Crippen LogP contribution in [0.1, 0.15) is 18.1 Å². The van der Waals surface area contributed by atoms with Crippen molar-refractivity contribution < 1.29 is 4.74 Å². The average Bonchev–Trinajstić information content (AvgIpc) is 2.49. The van der Waals surface area contributed by atoms with Crippen LogP contribution in [0.25, 0.3) is 0 Å². The second-order valence-corrected chi connectivity index (χ2v) is 5.25. The van der Waals surface area contributed by atoms with Gasteiger partial charge in [-0.25, -0.2) is 0 Å². The van der Waals surface area contributed by atoms with Gasteiger partial charge in [0, 0.05) is 19.6 Å². The summed E-state index contributed by atoms with van der Waals surface area (Å²) in [5.74, 6) is 0. The van der Waals surface area contributed by atoms with Gasteiger partial charge in [0.05, 0.1) is 6.26 Å². The summed E-state index contributed by atoms with van der Waals surface area (Å²) < 4.78 is 5.47. The molecule has 0 radical (unpaired) electrons. The lowest BCUT2D eigenvalue weighted by atomic mass is 10.1. The SMILES string of the molecule is C=CO[C@@H](C)CN(Cc1ccccc1)Cc1ccccc1. The molecular formula is C19H23NO. The van der Waals surface area contributed by atoms with Crippen LogP contribution in [0.4, 0.5) is 0 Å². The first-order valence-corrected chi connectivity index (χ1v) is 7.34. The van der Waals surface area contributed by atoms with E-state index in [0.717, 1.165) is 19.6 Å². The van der Waals surface area contributed by atoms with Crippen LogP contribution in [0.2, 0.25) is 0 Å². The van der Waals surface area contributed by atoms with Gasteiger partial charge in [-0.1, -0.05) is 67.2 Å². The molecule has 2 aromatic rings. The van der Waals surface area contributed by atoms with E-state index in [1.807, 2.05) is 0 Å². The van der Waals surface area contributed by atoms with Gasteiger partial charge in [0.25, 0.3) is 0 Å². The van der Waals surface area contributed by atoms with Crippen molar-refractivity contribution in [2.75, 3.05) is 6.54 Å². The van der Waals surface area contributed by atoms with E-state index in [2.05, 4.69) is 79.1 Å². The third-order valence-electron chi connectivity index (χ3n) is 3.34. The van der Waals surface area contributed by atoms with E-state index in [9.17, 15) is 0 Å². The summed E-state index contributed by atoms with van der Waals surface area (Å²) in [5, 5.41) is 0. The third-order valence-corrected chi connectivity index (χ3v) is 3.34. The number of hydrogen-bond donors (Lipinski definition) is 0. The van der Waals surface area contributed by atoms with Crippen LogP contribution < -0.4 is 0 Å². The Morgan fingerprint density at radius 1 is 0.952 bits per heavy atom. The van der Waals surface area contributed by atoms with E-state index >= 15 is 0 Å². The molecule has 0 N–H and O–H groups in total. The van der Waals surface area contributed by atoms with E-state index in [1.54, 1.807) is 0 Å². The maximum absolute atomic E-state index is 5.47. The highest BCUT2D eigenvalue weighted by Gasteiger charge is 2.11. The Hall–Kier alpha value is -2.06. The highest BCUT2D eigenvalue weighted by molar-refractivity contribution is 5.17. The largest absolute Gasteiger partial charge is 0.498 e. The summed E-state index contributed by atoms with van der Waals surface area (Å²) in [6, 6.07) is 21.1. The van der Waals surface area contributed by atoms with Gasteiger partial charge in [-0.2, -0.15) is 0 Å². The minimum atomic E-state index is 0.134. The van der Waals surface area contributed by atoms with Crippen molar-refractivity contribution in [3.8, 4) is 0 Å². The van der Waals surface area contributed by atoms with E-state index in [1.165, 1.54) is 17.4 Å². The molecule has 0 saturated heterocycles. The first-order valence-electron chi connectivity index (χ1n) is 7.34. The topological polar surface area (TPSA) is 12.5 Å². The van der Waals surface area contributed by atoms with Crippen LogP contribution in [0, 0.1) is 0 Å². The minimum Gasteiger partial charge on any atom is -0.498 e. The molecule has 0 bridgehead atoms. The molecule has 0 unspecified atom stereocenters. The number of ether oxygens (including phenoxy) is 1. The van der Waals surface area contributed by atoms with Gasteiger partial charge in [0.15, 0.2) is 0 Å². The van der Waals surface area contributed by atoms with E-state index < -0.39 is 0 Å². The molecule has 0 fully saturated rings. The summed E-state index contributed by atoms with van der Waals surface area (Å²) in [6.45, 7) is 8.41. The van der Waals surface area contributed by atoms with E-state index in [-0.39, 0.29) is 6.10 Å². The molecule has 0 saturated carbocycles. The summed E-state index contributed by atoms with van der Waals surface area (Å²) in [6.07, 6.45) is 1.66. The molecular weight excluding hydrogens is 258 g/mol. The smallest absolute Gasteiger partial charge is 0.108 e. The molecule has 0 heterocycles. The summed E-state index contributed by atoms with van der Waals surface area (Å²) in [7, 11) is 0. The van der Waals surface area contributed by atoms with Crippen molar-refractivity contribution in [2.45, 2.75) is 26.1 Å². The number of rotatable bonds is 8. The van der Waals surface area contributed by atoms with Gasteiger partial charge >= 0.3 is 0 Å². The number of nitrogens with zero attached hydrogens (tertiary/aromatic N) is 1. The lowest BCUT2D eigenvalue weighted by molar-refractivity contribution is 0.101. The first kappa shape index (κ1) is 15.3. The fourth-order valence-corrected chi connectivity index (χ4v) is 2.44. The Balaban J connectivity index is 2.04. The zero-order valence-electron chi connectivity index (χ0n) is 12.6. The molecule has 0 spiro atoms. The average molecular weight is 281 g/mol. The van der Waals surface area contributed by atoms with Crippen molar-refractivity contribution in [1.82, 2.24) is 4.90 Å². The summed E-state index contributed by atoms with van der Waals surface area (Å²) in [4.78, 5) is 2.40. The molecule has 0 aliphatic carbocycles. The van der Waals surface area contributed by atoms with E-state index in [4.69, 9.17) is 4.74 Å². The zero-order valence-corrected chi connectivity index (χ0v) is 12.6. The van der Waals surface area contributed by atoms with Gasteiger partial charge in [0.1, 0.15) is 6.10 Å². The van der Waals surface area contributed by atoms with E-state index in [0.29, 0.717) is 0 Å². The Bertz CT molecular complexity index is 482. The molecule has 0 aliphatic heterocycles. The molecule has 21 heavy (non-hydrogen) atoms. The highest BCUT2D eigenvalue weighted by atomic mass is 16.5. The van der Waals surface area contributed by atoms with Gasteiger partial charge in [0.2, 0.25) is 0 Å². The Labute approximate surface area is 127 Å². The third kappa shape index (κ3) is 5.44. The van der Waals surface area contributed by atoms with Crippen molar-refractivity contribution in [1.29, 1.82) is 0 Å². The number of benzene rings is 2. The predicted octanol–water partition coefficient (Wildman–Crippen LogP) is 4.24. The van der Waals surface area contributed by atoms with Gasteiger partial charge < -0.3 is 4.74 Å². The summed E-state index contributed by atoms with van der Waals surface area (Å²) >= 11 is 0. The normalized spacial score (nSPS) is 12.1. The predicted molar refractivity (Wildman–Crippen MR) is 87.7 cm³/mol. The van der Waals surface area contributed by atoms with Gasteiger partial charge in [-0.15, -0.1) is 0 Å². The maximum atomic E-state index is 5.47. The summed E-state index contributed by atoms with van der Waals surface area (Å²) in [5.41, 5.74) is 2.64. The fraction of sp³-hybridized carbons (Fsp3) is 0.263. The second-order valence-electron chi connectivity index (χ2n) is 5.25. The Kier molecular flexibility index (Phi) is 6.04. The molecule has 0 amide bonds. The lowest BCUT2D eigenvalue weighted by Gasteiger charge is -2.25. The Morgan fingerprint density at radius 3 is 1.86 bits per heavy atom. The van der Waals surface area contributed by atoms with Crippen LogP contribution in [-0.4, -0.2) is 17.5 Å². The van der Waals surface area contributed by atoms with Crippen LogP contribution >= 0.6 is 0 Å². The van der Waals surface area contributed by atoms with Crippen LogP contribution in [-0.2, 0) is 17.8 Å². The standard InChI is InChI=1S/C19H23NO/c1-3-21-17(2)14-20(15-18-10-6-4-7-11-18)16-19-12-8-5-9-13-19/h3-13,17H,1,14-16H2,2H3/t17-/m0/s1. The Morgan fingerprint density at radius 2 is 1.43 bits per heavy atom. The highest BCUT2D eigenvalue weighted by Crippen LogP contribution is 2.11. The molecule has 1 atom stereocenters. The van der Waals surface area contributed by atoms with Crippen molar-refractivity contribution in [3.63, 3.8) is 0 Å². The molecule has 2 heteroatoms. The lowest BCUT2D eigenvalue weighted by Crippen LogP contribution is -2.31. The van der Waals surface area contributed by atoms with Gasteiger partial charge in [-0.3, -0.25) is 4.90 Å². The zero-order chi connectivity index (χ0) is 14.9. The molecule has 0 aliphatic rings.